The summed E-state index contributed by atoms with van der Waals surface area (Å²) in [7, 11) is 6.27. The van der Waals surface area contributed by atoms with E-state index in [0.717, 1.165) is 34.9 Å². The van der Waals surface area contributed by atoms with Crippen LogP contribution in [0.25, 0.3) is 10.9 Å². The maximum atomic E-state index is 14.0. The zero-order valence-corrected chi connectivity index (χ0v) is 25.6. The highest BCUT2D eigenvalue weighted by atomic mass is 16.5. The maximum absolute atomic E-state index is 14.0. The molecule has 4 rings (SSSR count). The smallest absolute Gasteiger partial charge is 0.254 e. The molecule has 0 bridgehead atoms. The Hall–Kier alpha value is -4.66. The van der Waals surface area contributed by atoms with Crippen LogP contribution in [0, 0.1) is 0 Å². The molecule has 0 saturated carbocycles. The number of hydrogen-bond acceptors (Lipinski definition) is 6. The lowest BCUT2D eigenvalue weighted by Crippen LogP contribution is -2.43. The fourth-order valence-corrected chi connectivity index (χ4v) is 5.06. The van der Waals surface area contributed by atoms with Crippen molar-refractivity contribution in [3.63, 3.8) is 0 Å². The van der Waals surface area contributed by atoms with Crippen molar-refractivity contribution in [2.45, 2.75) is 32.7 Å². The van der Waals surface area contributed by atoms with Gasteiger partial charge in [-0.3, -0.25) is 9.59 Å². The van der Waals surface area contributed by atoms with Gasteiger partial charge in [0.2, 0.25) is 5.91 Å². The van der Waals surface area contributed by atoms with Gasteiger partial charge in [-0.2, -0.15) is 0 Å². The quantitative estimate of drug-likeness (QED) is 0.191. The molecule has 0 aliphatic heterocycles. The number of nitrogens with zero attached hydrogens (tertiary/aromatic N) is 2. The van der Waals surface area contributed by atoms with Gasteiger partial charge in [0.1, 0.15) is 18.0 Å². The molecule has 1 aromatic heterocycles. The molecule has 0 aliphatic carbocycles. The number of fused-ring (bicyclic) bond motifs is 1. The first-order valence-electron chi connectivity index (χ1n) is 14.5. The van der Waals surface area contributed by atoms with Gasteiger partial charge >= 0.3 is 0 Å². The van der Waals surface area contributed by atoms with E-state index in [4.69, 9.17) is 18.9 Å². The van der Waals surface area contributed by atoms with Gasteiger partial charge in [0, 0.05) is 48.4 Å². The Morgan fingerprint density at radius 1 is 0.791 bits per heavy atom. The van der Waals surface area contributed by atoms with E-state index >= 15 is 0 Å². The minimum Gasteiger partial charge on any atom is -0.497 e. The molecule has 1 heterocycles. The van der Waals surface area contributed by atoms with E-state index in [2.05, 4.69) is 18.0 Å². The van der Waals surface area contributed by atoms with Crippen LogP contribution in [0.2, 0.25) is 0 Å². The summed E-state index contributed by atoms with van der Waals surface area (Å²) in [6.07, 6.45) is 4.30. The molecule has 3 aromatic carbocycles. The molecule has 2 amide bonds. The molecule has 4 aromatic rings. The first-order valence-corrected chi connectivity index (χ1v) is 14.5. The van der Waals surface area contributed by atoms with Gasteiger partial charge in [-0.15, -0.1) is 0 Å². The molecule has 0 atom stereocenters. The second kappa shape index (κ2) is 15.0. The second-order valence-corrected chi connectivity index (χ2v) is 10.3. The van der Waals surface area contributed by atoms with Crippen molar-refractivity contribution < 1.29 is 28.5 Å². The van der Waals surface area contributed by atoms with Crippen LogP contribution in [0.3, 0.4) is 0 Å². The molecular weight excluding hydrogens is 546 g/mol. The summed E-state index contributed by atoms with van der Waals surface area (Å²) in [5.41, 5.74) is 3.49. The van der Waals surface area contributed by atoms with Gasteiger partial charge in [-0.25, -0.2) is 0 Å². The zero-order chi connectivity index (χ0) is 30.8. The van der Waals surface area contributed by atoms with Crippen molar-refractivity contribution in [1.29, 1.82) is 0 Å². The third kappa shape index (κ3) is 7.80. The lowest BCUT2D eigenvalue weighted by molar-refractivity contribution is -0.132. The van der Waals surface area contributed by atoms with E-state index in [1.807, 2.05) is 42.6 Å². The van der Waals surface area contributed by atoms with E-state index in [1.54, 1.807) is 56.4 Å². The number of rotatable bonds is 15. The second-order valence-electron chi connectivity index (χ2n) is 10.3. The van der Waals surface area contributed by atoms with Crippen molar-refractivity contribution >= 4 is 22.7 Å². The summed E-state index contributed by atoms with van der Waals surface area (Å²) in [5, 5.41) is 1.13. The highest BCUT2D eigenvalue weighted by Gasteiger charge is 2.24. The lowest BCUT2D eigenvalue weighted by Gasteiger charge is -2.28. The average Bonchev–Trinajstić information content (AvgIpc) is 3.46. The molecular formula is C34H41N3O6. The Morgan fingerprint density at radius 2 is 1.51 bits per heavy atom. The summed E-state index contributed by atoms with van der Waals surface area (Å²) in [4.78, 5) is 34.5. The molecule has 9 nitrogen and oxygen atoms in total. The number of ether oxygens (including phenoxy) is 4. The van der Waals surface area contributed by atoms with Gasteiger partial charge in [0.15, 0.2) is 11.5 Å². The minimum atomic E-state index is -0.248. The summed E-state index contributed by atoms with van der Waals surface area (Å²) in [5.74, 6) is 1.84. The number of nitrogens with one attached hydrogen (secondary N) is 1. The topological polar surface area (TPSA) is 93.3 Å². The number of para-hydroxylation sites is 1. The number of aromatic nitrogens is 1. The molecule has 0 spiro atoms. The average molecular weight is 588 g/mol. The number of H-pyrrole nitrogens is 1. The molecule has 9 heteroatoms. The van der Waals surface area contributed by atoms with Gasteiger partial charge in [0.05, 0.1) is 28.4 Å². The van der Waals surface area contributed by atoms with Crippen LogP contribution < -0.4 is 18.9 Å². The van der Waals surface area contributed by atoms with Crippen LogP contribution >= 0.6 is 0 Å². The number of methoxy groups -OCH3 is 4. The molecule has 0 aliphatic rings. The van der Waals surface area contributed by atoms with E-state index in [9.17, 15) is 9.59 Å². The highest BCUT2D eigenvalue weighted by molar-refractivity contribution is 5.97. The molecule has 0 fully saturated rings. The van der Waals surface area contributed by atoms with Crippen LogP contribution in [-0.4, -0.2) is 74.7 Å². The first-order chi connectivity index (χ1) is 20.9. The summed E-state index contributed by atoms with van der Waals surface area (Å²) in [6, 6.07) is 18.8. The number of carbonyl (C=O) groups excluding carboxylic acids is 2. The number of amides is 2. The number of unbranched alkanes of at least 4 members (excludes halogenated alkanes) is 1. The van der Waals surface area contributed by atoms with Crippen LogP contribution in [0.1, 0.15) is 41.3 Å². The number of hydrogen-bond donors (Lipinski definition) is 1. The zero-order valence-electron chi connectivity index (χ0n) is 25.6. The molecule has 0 radical (unpaired) electrons. The van der Waals surface area contributed by atoms with Gasteiger partial charge in [-0.1, -0.05) is 37.6 Å². The third-order valence-electron chi connectivity index (χ3n) is 7.49. The Balaban J connectivity index is 1.61. The van der Waals surface area contributed by atoms with Gasteiger partial charge in [-0.05, 0) is 54.3 Å². The number of carbonyl (C=O) groups is 2. The highest BCUT2D eigenvalue weighted by Crippen LogP contribution is 2.29. The van der Waals surface area contributed by atoms with E-state index in [-0.39, 0.29) is 18.4 Å². The van der Waals surface area contributed by atoms with Gasteiger partial charge in [0.25, 0.3) is 5.91 Å². The number of benzene rings is 3. The Labute approximate surface area is 253 Å². The van der Waals surface area contributed by atoms with Crippen molar-refractivity contribution in [2.24, 2.45) is 0 Å². The van der Waals surface area contributed by atoms with Crippen molar-refractivity contribution in [1.82, 2.24) is 14.8 Å². The molecule has 0 saturated heterocycles. The molecule has 228 valence electrons. The van der Waals surface area contributed by atoms with Crippen LogP contribution in [0.5, 0.6) is 23.0 Å². The predicted molar refractivity (Wildman–Crippen MR) is 167 cm³/mol. The van der Waals surface area contributed by atoms with Crippen LogP contribution in [0.15, 0.2) is 66.9 Å². The summed E-state index contributed by atoms with van der Waals surface area (Å²) >= 11 is 0. The standard InChI is InChI=1S/C34H41N3O6/c1-6-7-15-37(34(39)26-18-27(40-2)20-28(19-26)41-3)23-33(38)36(22-24-12-13-31(42-4)32(17-24)43-5)16-14-25-21-35-30-11-9-8-10-29(25)30/h8-13,17-21,35H,6-7,14-16,22-23H2,1-5H3. The summed E-state index contributed by atoms with van der Waals surface area (Å²) < 4.78 is 21.7. The fourth-order valence-electron chi connectivity index (χ4n) is 5.06. The molecule has 1 N–H and O–H groups in total. The monoisotopic (exact) mass is 587 g/mol. The first kappa shape index (κ1) is 31.3. The lowest BCUT2D eigenvalue weighted by atomic mass is 10.1. The largest absolute Gasteiger partial charge is 0.497 e. The van der Waals surface area contributed by atoms with Crippen molar-refractivity contribution in [2.75, 3.05) is 48.1 Å². The van der Waals surface area contributed by atoms with Crippen molar-refractivity contribution in [3.05, 3.63) is 83.6 Å². The Morgan fingerprint density at radius 3 is 2.19 bits per heavy atom. The van der Waals surface area contributed by atoms with E-state index in [1.165, 1.54) is 0 Å². The third-order valence-corrected chi connectivity index (χ3v) is 7.49. The van der Waals surface area contributed by atoms with Gasteiger partial charge < -0.3 is 33.7 Å². The van der Waals surface area contributed by atoms with E-state index in [0.29, 0.717) is 54.6 Å². The Kier molecular flexibility index (Phi) is 10.9. The van der Waals surface area contributed by atoms with Crippen molar-refractivity contribution in [3.8, 4) is 23.0 Å². The molecule has 43 heavy (non-hydrogen) atoms. The normalized spacial score (nSPS) is 10.8. The van der Waals surface area contributed by atoms with Crippen LogP contribution in [-0.2, 0) is 17.8 Å². The van der Waals surface area contributed by atoms with Crippen LogP contribution in [0.4, 0.5) is 0 Å². The number of aromatic amines is 1. The SMILES string of the molecule is CCCCN(CC(=O)N(CCc1c[nH]c2ccccc12)Cc1ccc(OC)c(OC)c1)C(=O)c1cc(OC)cc(OC)c1. The minimum absolute atomic E-state index is 0.0560. The maximum Gasteiger partial charge on any atom is 0.254 e. The predicted octanol–water partition coefficient (Wildman–Crippen LogP) is 5.72. The molecule has 0 unspecified atom stereocenters. The van der Waals surface area contributed by atoms with E-state index < -0.39 is 0 Å². The Bertz CT molecular complexity index is 1510. The fraction of sp³-hybridized carbons (Fsp3) is 0.353. The summed E-state index contributed by atoms with van der Waals surface area (Å²) in [6.45, 7) is 3.28.